The summed E-state index contributed by atoms with van der Waals surface area (Å²) in [5.41, 5.74) is 5.56. The van der Waals surface area contributed by atoms with Crippen molar-refractivity contribution in [2.75, 3.05) is 12.3 Å². The number of carbonyl (C=O) groups is 6. The minimum atomic E-state index is -1.37. The summed E-state index contributed by atoms with van der Waals surface area (Å²) in [6.07, 6.45) is -0.943. The van der Waals surface area contributed by atoms with Gasteiger partial charge in [-0.05, 0) is 25.7 Å². The summed E-state index contributed by atoms with van der Waals surface area (Å²) in [6.45, 7) is 0.130. The van der Waals surface area contributed by atoms with E-state index in [0.29, 0.717) is 6.42 Å². The van der Waals surface area contributed by atoms with Gasteiger partial charge in [0.05, 0.1) is 6.04 Å². The fourth-order valence-electron chi connectivity index (χ4n) is 3.18. The standard InChI is InChI=1S/C18H28N4O9S/c19-9(8-32)15(27)20-10(3-5-13(23)24)16(28)21-11(4-6-14(25)26)17(29)22-7-1-2-12(22)18(30)31/h9-12,32H,1-8,19H2,(H,20,27)(H,21,28)(H,23,24)(H,25,26)(H,30,31). The molecule has 0 aromatic rings. The Kier molecular flexibility index (Phi) is 10.9. The van der Waals surface area contributed by atoms with E-state index in [1.54, 1.807) is 0 Å². The normalized spacial score (nSPS) is 18.3. The number of likely N-dealkylation sites (tertiary alicyclic amines) is 1. The van der Waals surface area contributed by atoms with Crippen molar-refractivity contribution in [3.63, 3.8) is 0 Å². The van der Waals surface area contributed by atoms with Gasteiger partial charge in [-0.2, -0.15) is 12.6 Å². The zero-order chi connectivity index (χ0) is 24.4. The first kappa shape index (κ1) is 27.2. The van der Waals surface area contributed by atoms with E-state index in [-0.39, 0.29) is 31.6 Å². The number of aliphatic carboxylic acids is 3. The van der Waals surface area contributed by atoms with Gasteiger partial charge in [-0.15, -0.1) is 0 Å². The van der Waals surface area contributed by atoms with Gasteiger partial charge in [-0.25, -0.2) is 4.79 Å². The Labute approximate surface area is 189 Å². The number of rotatable bonds is 13. The summed E-state index contributed by atoms with van der Waals surface area (Å²) in [4.78, 5) is 72.1. The first-order valence-corrected chi connectivity index (χ1v) is 10.5. The SMILES string of the molecule is NC(CS)C(=O)NC(CCC(=O)O)C(=O)NC(CCC(=O)O)C(=O)N1CCCC1C(=O)O. The molecule has 0 aromatic carbocycles. The second kappa shape index (κ2) is 12.9. The Hall–Kier alpha value is -2.87. The molecule has 0 radical (unpaired) electrons. The fraction of sp³-hybridized carbons (Fsp3) is 0.667. The first-order chi connectivity index (χ1) is 15.0. The molecular formula is C18H28N4O9S. The minimum absolute atomic E-state index is 0.0373. The Morgan fingerprint density at radius 1 is 0.938 bits per heavy atom. The molecule has 0 saturated carbocycles. The highest BCUT2D eigenvalue weighted by Crippen LogP contribution is 2.19. The first-order valence-electron chi connectivity index (χ1n) is 9.92. The van der Waals surface area contributed by atoms with Crippen molar-refractivity contribution >= 4 is 48.3 Å². The van der Waals surface area contributed by atoms with Crippen LogP contribution >= 0.6 is 12.6 Å². The summed E-state index contributed by atoms with van der Waals surface area (Å²) in [6, 6.07) is -4.90. The van der Waals surface area contributed by atoms with Gasteiger partial charge in [0.2, 0.25) is 17.7 Å². The lowest BCUT2D eigenvalue weighted by molar-refractivity contribution is -0.150. The highest BCUT2D eigenvalue weighted by molar-refractivity contribution is 7.80. The van der Waals surface area contributed by atoms with Gasteiger partial charge in [0.25, 0.3) is 0 Å². The van der Waals surface area contributed by atoms with Gasteiger partial charge in [-0.3, -0.25) is 24.0 Å². The van der Waals surface area contributed by atoms with Crippen molar-refractivity contribution < 1.29 is 44.1 Å². The highest BCUT2D eigenvalue weighted by atomic mass is 32.1. The molecule has 1 saturated heterocycles. The molecule has 4 atom stereocenters. The van der Waals surface area contributed by atoms with Crippen LogP contribution in [0.15, 0.2) is 0 Å². The lowest BCUT2D eigenvalue weighted by Crippen LogP contribution is -2.57. The van der Waals surface area contributed by atoms with Crippen LogP contribution < -0.4 is 16.4 Å². The molecule has 0 aliphatic carbocycles. The number of thiol groups is 1. The van der Waals surface area contributed by atoms with Crippen LogP contribution in [0.4, 0.5) is 0 Å². The lowest BCUT2D eigenvalue weighted by Gasteiger charge is -2.28. The van der Waals surface area contributed by atoms with E-state index in [0.717, 1.165) is 4.90 Å². The summed E-state index contributed by atoms with van der Waals surface area (Å²) < 4.78 is 0. The van der Waals surface area contributed by atoms with Crippen molar-refractivity contribution in [1.29, 1.82) is 0 Å². The second-order valence-electron chi connectivity index (χ2n) is 7.30. The van der Waals surface area contributed by atoms with Crippen LogP contribution in [-0.4, -0.2) is 92.3 Å². The summed E-state index contributed by atoms with van der Waals surface area (Å²) in [7, 11) is 0. The molecule has 1 rings (SSSR count). The summed E-state index contributed by atoms with van der Waals surface area (Å²) in [5.74, 6) is -6.15. The van der Waals surface area contributed by atoms with Crippen LogP contribution in [0.5, 0.6) is 0 Å². The molecule has 0 bridgehead atoms. The van der Waals surface area contributed by atoms with E-state index >= 15 is 0 Å². The molecule has 32 heavy (non-hydrogen) atoms. The van der Waals surface area contributed by atoms with Gasteiger partial charge >= 0.3 is 17.9 Å². The molecule has 3 amide bonds. The molecule has 13 nitrogen and oxygen atoms in total. The number of carboxylic acid groups (broad SMARTS) is 3. The molecule has 1 heterocycles. The number of hydrogen-bond donors (Lipinski definition) is 7. The smallest absolute Gasteiger partial charge is 0.326 e. The number of nitrogens with one attached hydrogen (secondary N) is 2. The Bertz CT molecular complexity index is 748. The fourth-order valence-corrected chi connectivity index (χ4v) is 3.35. The number of nitrogens with two attached hydrogens (primary N) is 1. The molecule has 4 unspecified atom stereocenters. The molecular weight excluding hydrogens is 448 g/mol. The van der Waals surface area contributed by atoms with E-state index in [4.69, 9.17) is 15.9 Å². The van der Waals surface area contributed by atoms with E-state index in [1.165, 1.54) is 0 Å². The zero-order valence-electron chi connectivity index (χ0n) is 17.2. The monoisotopic (exact) mass is 476 g/mol. The molecule has 14 heteroatoms. The maximum atomic E-state index is 12.9. The second-order valence-corrected chi connectivity index (χ2v) is 7.67. The van der Waals surface area contributed by atoms with Gasteiger partial charge in [0, 0.05) is 25.1 Å². The molecule has 1 fully saturated rings. The van der Waals surface area contributed by atoms with Crippen LogP contribution in [0.3, 0.4) is 0 Å². The molecule has 1 aliphatic rings. The molecule has 7 N–H and O–H groups in total. The van der Waals surface area contributed by atoms with E-state index in [2.05, 4.69) is 23.3 Å². The molecule has 1 aliphatic heterocycles. The molecule has 0 aromatic heterocycles. The third-order valence-corrected chi connectivity index (χ3v) is 5.29. The predicted octanol–water partition coefficient (Wildman–Crippen LogP) is -1.98. The van der Waals surface area contributed by atoms with E-state index in [1.807, 2.05) is 0 Å². The number of nitrogens with zero attached hydrogens (tertiary/aromatic N) is 1. The highest BCUT2D eigenvalue weighted by Gasteiger charge is 2.38. The third-order valence-electron chi connectivity index (χ3n) is 4.90. The van der Waals surface area contributed by atoms with Crippen LogP contribution in [0, 0.1) is 0 Å². The topological polar surface area (TPSA) is 216 Å². The third kappa shape index (κ3) is 8.34. The summed E-state index contributed by atoms with van der Waals surface area (Å²) in [5, 5.41) is 31.8. The van der Waals surface area contributed by atoms with Gasteiger partial charge < -0.3 is 36.6 Å². The van der Waals surface area contributed by atoms with Crippen LogP contribution in [-0.2, 0) is 28.8 Å². The van der Waals surface area contributed by atoms with Crippen LogP contribution in [0.1, 0.15) is 38.5 Å². The number of hydrogen-bond acceptors (Lipinski definition) is 8. The van der Waals surface area contributed by atoms with Gasteiger partial charge in [-0.1, -0.05) is 0 Å². The lowest BCUT2D eigenvalue weighted by atomic mass is 10.1. The van der Waals surface area contributed by atoms with Crippen LogP contribution in [0.25, 0.3) is 0 Å². The quantitative estimate of drug-likeness (QED) is 0.145. The number of amides is 3. The van der Waals surface area contributed by atoms with Crippen LogP contribution in [0.2, 0.25) is 0 Å². The van der Waals surface area contributed by atoms with Crippen molar-refractivity contribution in [3.8, 4) is 0 Å². The van der Waals surface area contributed by atoms with Crippen molar-refractivity contribution in [2.24, 2.45) is 5.73 Å². The van der Waals surface area contributed by atoms with Gasteiger partial charge in [0.1, 0.15) is 18.1 Å². The Balaban J connectivity index is 3.03. The van der Waals surface area contributed by atoms with Crippen molar-refractivity contribution in [3.05, 3.63) is 0 Å². The zero-order valence-corrected chi connectivity index (χ0v) is 18.1. The maximum absolute atomic E-state index is 12.9. The molecule has 0 spiro atoms. The maximum Gasteiger partial charge on any atom is 0.326 e. The predicted molar refractivity (Wildman–Crippen MR) is 112 cm³/mol. The number of carboxylic acids is 3. The number of carbonyl (C=O) groups excluding carboxylic acids is 3. The average Bonchev–Trinajstić information content (AvgIpc) is 3.22. The summed E-state index contributed by atoms with van der Waals surface area (Å²) >= 11 is 3.88. The van der Waals surface area contributed by atoms with E-state index in [9.17, 15) is 33.9 Å². The van der Waals surface area contributed by atoms with E-state index < -0.39 is 72.6 Å². The van der Waals surface area contributed by atoms with Gasteiger partial charge in [0.15, 0.2) is 0 Å². The minimum Gasteiger partial charge on any atom is -0.481 e. The molecule has 180 valence electrons. The Morgan fingerprint density at radius 3 is 1.97 bits per heavy atom. The largest absolute Gasteiger partial charge is 0.481 e. The van der Waals surface area contributed by atoms with Crippen molar-refractivity contribution in [1.82, 2.24) is 15.5 Å². The average molecular weight is 477 g/mol. The van der Waals surface area contributed by atoms with Crippen molar-refractivity contribution in [2.45, 2.75) is 62.7 Å². The Morgan fingerprint density at radius 2 is 1.47 bits per heavy atom.